The molecule has 0 atom stereocenters. The third-order valence-electron chi connectivity index (χ3n) is 2.20. The number of anilines is 2. The second-order valence-corrected chi connectivity index (χ2v) is 4.33. The highest BCUT2D eigenvalue weighted by Gasteiger charge is 2.23. The van der Waals surface area contributed by atoms with Crippen LogP contribution in [-0.4, -0.2) is 45.5 Å². The van der Waals surface area contributed by atoms with Crippen LogP contribution >= 0.6 is 11.6 Å². The van der Waals surface area contributed by atoms with Crippen LogP contribution in [0.3, 0.4) is 0 Å². The molecule has 0 unspecified atom stereocenters. The van der Waals surface area contributed by atoms with E-state index in [4.69, 9.17) is 11.6 Å². The SMILES string of the molecule is CCNc1ncc(Cl)c(NC(C)(CO)CO)n1. The van der Waals surface area contributed by atoms with Crippen molar-refractivity contribution in [2.24, 2.45) is 0 Å². The molecule has 0 aromatic carbocycles. The van der Waals surface area contributed by atoms with Crippen molar-refractivity contribution in [3.05, 3.63) is 11.2 Å². The average Bonchev–Trinajstić information content (AvgIpc) is 2.33. The molecule has 1 aromatic rings. The summed E-state index contributed by atoms with van der Waals surface area (Å²) in [7, 11) is 0. The maximum Gasteiger partial charge on any atom is 0.224 e. The van der Waals surface area contributed by atoms with Gasteiger partial charge in [-0.15, -0.1) is 0 Å². The third kappa shape index (κ3) is 3.69. The van der Waals surface area contributed by atoms with Crippen LogP contribution in [0, 0.1) is 0 Å². The smallest absolute Gasteiger partial charge is 0.224 e. The normalized spacial score (nSPS) is 11.4. The molecule has 0 spiro atoms. The van der Waals surface area contributed by atoms with Crippen LogP contribution in [0.25, 0.3) is 0 Å². The second kappa shape index (κ2) is 6.00. The summed E-state index contributed by atoms with van der Waals surface area (Å²) in [5.41, 5.74) is -0.874. The van der Waals surface area contributed by atoms with Crippen molar-refractivity contribution < 1.29 is 10.2 Å². The van der Waals surface area contributed by atoms with Gasteiger partial charge in [-0.05, 0) is 13.8 Å². The van der Waals surface area contributed by atoms with Crippen molar-refractivity contribution in [3.63, 3.8) is 0 Å². The molecule has 96 valence electrons. The Morgan fingerprint density at radius 1 is 1.41 bits per heavy atom. The quantitative estimate of drug-likeness (QED) is 0.603. The molecule has 0 aliphatic heterocycles. The van der Waals surface area contributed by atoms with Crippen molar-refractivity contribution in [2.75, 3.05) is 30.4 Å². The van der Waals surface area contributed by atoms with Gasteiger partial charge in [0.2, 0.25) is 5.95 Å². The highest BCUT2D eigenvalue weighted by Crippen LogP contribution is 2.22. The van der Waals surface area contributed by atoms with Gasteiger partial charge in [0.05, 0.1) is 24.9 Å². The lowest BCUT2D eigenvalue weighted by molar-refractivity contribution is 0.147. The van der Waals surface area contributed by atoms with Crippen molar-refractivity contribution in [1.82, 2.24) is 9.97 Å². The van der Waals surface area contributed by atoms with Crippen molar-refractivity contribution >= 4 is 23.4 Å². The maximum absolute atomic E-state index is 9.19. The Bertz CT molecular complexity index is 371. The van der Waals surface area contributed by atoms with Crippen LogP contribution in [0.2, 0.25) is 5.02 Å². The number of hydrogen-bond acceptors (Lipinski definition) is 6. The molecule has 17 heavy (non-hydrogen) atoms. The van der Waals surface area contributed by atoms with Gasteiger partial charge < -0.3 is 20.8 Å². The molecule has 7 heteroatoms. The molecule has 4 N–H and O–H groups in total. The van der Waals surface area contributed by atoms with Crippen LogP contribution in [0.5, 0.6) is 0 Å². The molecule has 1 heterocycles. The highest BCUT2D eigenvalue weighted by molar-refractivity contribution is 6.32. The summed E-state index contributed by atoms with van der Waals surface area (Å²) in [6, 6.07) is 0. The molecule has 1 rings (SSSR count). The molecule has 0 saturated heterocycles. The lowest BCUT2D eigenvalue weighted by Gasteiger charge is -2.27. The molecule has 0 radical (unpaired) electrons. The van der Waals surface area contributed by atoms with Gasteiger partial charge in [0.25, 0.3) is 0 Å². The van der Waals surface area contributed by atoms with Crippen LogP contribution < -0.4 is 10.6 Å². The fraction of sp³-hybridized carbons (Fsp3) is 0.600. The molecule has 0 saturated carbocycles. The lowest BCUT2D eigenvalue weighted by atomic mass is 10.1. The zero-order valence-corrected chi connectivity index (χ0v) is 10.6. The van der Waals surface area contributed by atoms with Crippen LogP contribution in [0.15, 0.2) is 6.20 Å². The topological polar surface area (TPSA) is 90.3 Å². The van der Waals surface area contributed by atoms with Gasteiger partial charge in [-0.25, -0.2) is 4.98 Å². The maximum atomic E-state index is 9.19. The first kappa shape index (κ1) is 14.0. The van der Waals surface area contributed by atoms with Gasteiger partial charge in [-0.1, -0.05) is 11.6 Å². The monoisotopic (exact) mass is 260 g/mol. The Kier molecular flexibility index (Phi) is 4.92. The number of aliphatic hydroxyl groups excluding tert-OH is 2. The number of aromatic nitrogens is 2. The molecular formula is C10H17ClN4O2. The van der Waals surface area contributed by atoms with E-state index >= 15 is 0 Å². The third-order valence-corrected chi connectivity index (χ3v) is 2.47. The minimum Gasteiger partial charge on any atom is -0.394 e. The number of nitrogens with zero attached hydrogens (tertiary/aromatic N) is 2. The molecule has 0 amide bonds. The summed E-state index contributed by atoms with van der Waals surface area (Å²) in [5, 5.41) is 24.6. The predicted octanol–water partition coefficient (Wildman–Crippen LogP) is 0.717. The summed E-state index contributed by atoms with van der Waals surface area (Å²) in [4.78, 5) is 8.15. The Hall–Kier alpha value is -1.11. The van der Waals surface area contributed by atoms with Gasteiger partial charge in [0.15, 0.2) is 5.82 Å². The largest absolute Gasteiger partial charge is 0.394 e. The van der Waals surface area contributed by atoms with E-state index in [2.05, 4.69) is 20.6 Å². The van der Waals surface area contributed by atoms with Gasteiger partial charge in [0.1, 0.15) is 5.02 Å². The highest BCUT2D eigenvalue weighted by atomic mass is 35.5. The number of aliphatic hydroxyl groups is 2. The Morgan fingerprint density at radius 3 is 2.59 bits per heavy atom. The van der Waals surface area contributed by atoms with E-state index in [1.807, 2.05) is 6.92 Å². The Balaban J connectivity index is 2.92. The summed E-state index contributed by atoms with van der Waals surface area (Å²) >= 11 is 5.94. The van der Waals surface area contributed by atoms with E-state index < -0.39 is 5.54 Å². The van der Waals surface area contributed by atoms with Crippen LogP contribution in [0.1, 0.15) is 13.8 Å². The van der Waals surface area contributed by atoms with Crippen molar-refractivity contribution in [2.45, 2.75) is 19.4 Å². The number of hydrogen-bond donors (Lipinski definition) is 4. The van der Waals surface area contributed by atoms with Crippen molar-refractivity contribution in [1.29, 1.82) is 0 Å². The zero-order chi connectivity index (χ0) is 12.9. The molecule has 0 fully saturated rings. The van der Waals surface area contributed by atoms with E-state index in [9.17, 15) is 10.2 Å². The predicted molar refractivity (Wildman–Crippen MR) is 67.4 cm³/mol. The summed E-state index contributed by atoms with van der Waals surface area (Å²) in [6.07, 6.45) is 1.46. The first-order valence-electron chi connectivity index (χ1n) is 5.31. The standard InChI is InChI=1S/C10H17ClN4O2/c1-3-12-9-13-4-7(11)8(14-9)15-10(2,5-16)6-17/h4,16-17H,3,5-6H2,1-2H3,(H2,12,13,14,15). The fourth-order valence-corrected chi connectivity index (χ4v) is 1.25. The van der Waals surface area contributed by atoms with Gasteiger partial charge in [-0.2, -0.15) is 4.98 Å². The first-order valence-corrected chi connectivity index (χ1v) is 5.68. The average molecular weight is 261 g/mol. The number of nitrogens with one attached hydrogen (secondary N) is 2. The van der Waals surface area contributed by atoms with Crippen LogP contribution in [-0.2, 0) is 0 Å². The van der Waals surface area contributed by atoms with E-state index in [0.717, 1.165) is 0 Å². The van der Waals surface area contributed by atoms with E-state index in [-0.39, 0.29) is 13.2 Å². The molecular weight excluding hydrogens is 244 g/mol. The summed E-state index contributed by atoms with van der Waals surface area (Å²) < 4.78 is 0. The minimum atomic E-state index is -0.874. The van der Waals surface area contributed by atoms with Gasteiger partial charge in [0, 0.05) is 6.54 Å². The van der Waals surface area contributed by atoms with Gasteiger partial charge >= 0.3 is 0 Å². The first-order chi connectivity index (χ1) is 8.04. The lowest BCUT2D eigenvalue weighted by Crippen LogP contribution is -2.42. The van der Waals surface area contributed by atoms with Gasteiger partial charge in [-0.3, -0.25) is 0 Å². The fourth-order valence-electron chi connectivity index (χ4n) is 1.11. The summed E-state index contributed by atoms with van der Waals surface area (Å²) in [5.74, 6) is 0.820. The summed E-state index contributed by atoms with van der Waals surface area (Å²) in [6.45, 7) is 3.81. The molecule has 6 nitrogen and oxygen atoms in total. The number of halogens is 1. The molecule has 0 aliphatic carbocycles. The molecule has 0 bridgehead atoms. The van der Waals surface area contributed by atoms with E-state index in [0.29, 0.717) is 23.3 Å². The Morgan fingerprint density at radius 2 is 2.06 bits per heavy atom. The molecule has 1 aromatic heterocycles. The zero-order valence-electron chi connectivity index (χ0n) is 9.87. The minimum absolute atomic E-state index is 0.236. The second-order valence-electron chi connectivity index (χ2n) is 3.92. The Labute approximate surface area is 105 Å². The number of rotatable bonds is 6. The van der Waals surface area contributed by atoms with E-state index in [1.54, 1.807) is 6.92 Å². The molecule has 0 aliphatic rings. The van der Waals surface area contributed by atoms with Crippen molar-refractivity contribution in [3.8, 4) is 0 Å². The van der Waals surface area contributed by atoms with Crippen LogP contribution in [0.4, 0.5) is 11.8 Å². The van der Waals surface area contributed by atoms with E-state index in [1.165, 1.54) is 6.20 Å².